The fourth-order valence-corrected chi connectivity index (χ4v) is 6.21. The molecule has 4 rings (SSSR count). The van der Waals surface area contributed by atoms with Crippen molar-refractivity contribution in [1.29, 1.82) is 0 Å². The van der Waals surface area contributed by atoms with E-state index >= 15 is 0 Å². The minimum absolute atomic E-state index is 0.0913. The standard InChI is InChI=1S/C28H26ClN3O6S/c1-3-4-16-38-21-12-14-22(15-13-21)39(36,37)32-17-20-9-5-6-11-24(20)31(18-25(32)27(33)30-35)28(34)26-19(2)8-7-10-23(26)29/h5-15,25,35H,16-18H2,1-2H3,(H,30,33). The molecule has 3 aromatic carbocycles. The largest absolute Gasteiger partial charge is 0.481 e. The molecular formula is C28H26ClN3O6S. The number of hydrogen-bond acceptors (Lipinski definition) is 6. The Labute approximate surface area is 232 Å². The van der Waals surface area contributed by atoms with Crippen LogP contribution in [-0.4, -0.2) is 48.9 Å². The summed E-state index contributed by atoms with van der Waals surface area (Å²) < 4.78 is 34.2. The molecule has 1 heterocycles. The van der Waals surface area contributed by atoms with Crippen molar-refractivity contribution < 1.29 is 28.0 Å². The molecule has 202 valence electrons. The van der Waals surface area contributed by atoms with E-state index in [2.05, 4.69) is 11.8 Å². The second-order valence-corrected chi connectivity index (χ2v) is 11.0. The van der Waals surface area contributed by atoms with Crippen molar-refractivity contribution in [3.05, 3.63) is 88.4 Å². The smallest absolute Gasteiger partial charge is 0.263 e. The van der Waals surface area contributed by atoms with E-state index in [1.54, 1.807) is 61.8 Å². The van der Waals surface area contributed by atoms with Gasteiger partial charge in [0.15, 0.2) is 0 Å². The van der Waals surface area contributed by atoms with Gasteiger partial charge < -0.3 is 9.64 Å². The first-order chi connectivity index (χ1) is 18.7. The number of carbonyl (C=O) groups is 2. The fraction of sp³-hybridized carbons (Fsp3) is 0.214. The summed E-state index contributed by atoms with van der Waals surface area (Å²) >= 11 is 6.38. The summed E-state index contributed by atoms with van der Waals surface area (Å²) in [6.07, 6.45) is 0. The highest BCUT2D eigenvalue weighted by atomic mass is 35.5. The Morgan fingerprint density at radius 3 is 2.49 bits per heavy atom. The molecule has 1 atom stereocenters. The van der Waals surface area contributed by atoms with Gasteiger partial charge in [0.25, 0.3) is 11.8 Å². The molecule has 2 N–H and O–H groups in total. The highest BCUT2D eigenvalue weighted by Crippen LogP contribution is 2.34. The molecule has 0 aromatic heterocycles. The number of aryl methyl sites for hydroxylation is 1. The van der Waals surface area contributed by atoms with Gasteiger partial charge in [0.05, 0.1) is 22.0 Å². The summed E-state index contributed by atoms with van der Waals surface area (Å²) in [7, 11) is -4.29. The Morgan fingerprint density at radius 1 is 1.10 bits per heavy atom. The highest BCUT2D eigenvalue weighted by Gasteiger charge is 2.42. The lowest BCUT2D eigenvalue weighted by Crippen LogP contribution is -2.53. The van der Waals surface area contributed by atoms with Gasteiger partial charge in [-0.15, -0.1) is 5.92 Å². The zero-order valence-electron chi connectivity index (χ0n) is 21.2. The normalized spacial score (nSPS) is 15.4. The number of ether oxygens (including phenoxy) is 1. The highest BCUT2D eigenvalue weighted by molar-refractivity contribution is 7.89. The van der Waals surface area contributed by atoms with Crippen LogP contribution in [0.4, 0.5) is 5.69 Å². The number of hydroxylamine groups is 1. The molecule has 0 aliphatic carbocycles. The van der Waals surface area contributed by atoms with Gasteiger partial charge in [-0.1, -0.05) is 47.9 Å². The van der Waals surface area contributed by atoms with Gasteiger partial charge in [0, 0.05) is 12.2 Å². The molecule has 0 fully saturated rings. The van der Waals surface area contributed by atoms with Crippen LogP contribution in [0.25, 0.3) is 0 Å². The lowest BCUT2D eigenvalue weighted by molar-refractivity contribution is -0.133. The van der Waals surface area contributed by atoms with Crippen LogP contribution in [0.1, 0.15) is 28.4 Å². The molecule has 2 amide bonds. The van der Waals surface area contributed by atoms with Gasteiger partial charge in [-0.05, 0) is 61.4 Å². The number of para-hydroxylation sites is 1. The molecular weight excluding hydrogens is 542 g/mol. The van der Waals surface area contributed by atoms with Crippen molar-refractivity contribution in [1.82, 2.24) is 9.79 Å². The van der Waals surface area contributed by atoms with E-state index < -0.39 is 27.9 Å². The van der Waals surface area contributed by atoms with Gasteiger partial charge in [0.1, 0.15) is 18.4 Å². The minimum atomic E-state index is -4.29. The van der Waals surface area contributed by atoms with Crippen molar-refractivity contribution in [3.63, 3.8) is 0 Å². The van der Waals surface area contributed by atoms with E-state index in [0.717, 1.165) is 4.31 Å². The maximum absolute atomic E-state index is 13.9. The number of hydrogen-bond donors (Lipinski definition) is 2. The zero-order valence-corrected chi connectivity index (χ0v) is 22.8. The Kier molecular flexibility index (Phi) is 8.57. The number of nitrogens with zero attached hydrogens (tertiary/aromatic N) is 2. The molecule has 0 bridgehead atoms. The first-order valence-corrected chi connectivity index (χ1v) is 13.7. The van der Waals surface area contributed by atoms with Crippen LogP contribution in [0, 0.1) is 18.8 Å². The molecule has 1 aliphatic rings. The van der Waals surface area contributed by atoms with Crippen LogP contribution in [0.2, 0.25) is 5.02 Å². The molecule has 9 nitrogen and oxygen atoms in total. The van der Waals surface area contributed by atoms with Crippen molar-refractivity contribution in [2.75, 3.05) is 18.1 Å². The first-order valence-electron chi connectivity index (χ1n) is 11.9. The number of rotatable bonds is 6. The topological polar surface area (TPSA) is 116 Å². The average Bonchev–Trinajstić information content (AvgIpc) is 3.11. The molecule has 11 heteroatoms. The third-order valence-corrected chi connectivity index (χ3v) is 8.51. The number of benzene rings is 3. The summed E-state index contributed by atoms with van der Waals surface area (Å²) in [5, 5.41) is 9.77. The lowest BCUT2D eigenvalue weighted by Gasteiger charge is -2.30. The number of halogens is 1. The molecule has 0 saturated carbocycles. The number of nitrogens with one attached hydrogen (secondary N) is 1. The van der Waals surface area contributed by atoms with E-state index in [0.29, 0.717) is 22.6 Å². The molecule has 0 spiro atoms. The zero-order chi connectivity index (χ0) is 28.2. The van der Waals surface area contributed by atoms with Crippen LogP contribution in [0.15, 0.2) is 71.6 Å². The Hall–Kier alpha value is -3.88. The van der Waals surface area contributed by atoms with Crippen molar-refractivity contribution in [3.8, 4) is 17.6 Å². The van der Waals surface area contributed by atoms with E-state index in [1.165, 1.54) is 29.2 Å². The van der Waals surface area contributed by atoms with Crippen LogP contribution in [0.3, 0.4) is 0 Å². The number of carbonyl (C=O) groups excluding carboxylic acids is 2. The molecule has 0 saturated heterocycles. The molecule has 3 aromatic rings. The number of fused-ring (bicyclic) bond motifs is 1. The second-order valence-electron chi connectivity index (χ2n) is 8.71. The lowest BCUT2D eigenvalue weighted by atomic mass is 10.1. The quantitative estimate of drug-likeness (QED) is 0.266. The average molecular weight is 568 g/mol. The van der Waals surface area contributed by atoms with Gasteiger partial charge in [-0.2, -0.15) is 4.31 Å². The summed E-state index contributed by atoms with van der Waals surface area (Å²) in [5.41, 5.74) is 3.33. The van der Waals surface area contributed by atoms with Crippen molar-refractivity contribution in [2.45, 2.75) is 31.3 Å². The summed E-state index contributed by atoms with van der Waals surface area (Å²) in [5.74, 6) is 4.40. The third kappa shape index (κ3) is 5.77. The minimum Gasteiger partial charge on any atom is -0.481 e. The summed E-state index contributed by atoms with van der Waals surface area (Å²) in [4.78, 5) is 28.0. The predicted molar refractivity (Wildman–Crippen MR) is 146 cm³/mol. The predicted octanol–water partition coefficient (Wildman–Crippen LogP) is 3.78. The summed E-state index contributed by atoms with van der Waals surface area (Å²) in [6.45, 7) is 2.97. The second kappa shape index (κ2) is 11.9. The van der Waals surface area contributed by atoms with E-state index in [4.69, 9.17) is 16.3 Å². The van der Waals surface area contributed by atoms with E-state index in [-0.39, 0.29) is 35.2 Å². The molecule has 0 radical (unpaired) electrons. The first kappa shape index (κ1) is 28.1. The maximum atomic E-state index is 13.9. The van der Waals surface area contributed by atoms with Gasteiger partial charge in [-0.25, -0.2) is 13.9 Å². The van der Waals surface area contributed by atoms with Gasteiger partial charge in [0.2, 0.25) is 10.0 Å². The summed E-state index contributed by atoms with van der Waals surface area (Å²) in [6, 6.07) is 16.1. The van der Waals surface area contributed by atoms with Crippen LogP contribution < -0.4 is 15.1 Å². The fourth-order valence-electron chi connectivity index (χ4n) is 4.35. The van der Waals surface area contributed by atoms with Gasteiger partial charge in [-0.3, -0.25) is 14.8 Å². The van der Waals surface area contributed by atoms with Crippen LogP contribution in [-0.2, 0) is 21.4 Å². The number of amides is 2. The SMILES string of the molecule is CC#CCOc1ccc(S(=O)(=O)N2Cc3ccccc3N(C(=O)c3c(C)cccc3Cl)CC2C(=O)NO)cc1. The number of anilines is 1. The van der Waals surface area contributed by atoms with E-state index in [1.807, 2.05) is 0 Å². The monoisotopic (exact) mass is 567 g/mol. The van der Waals surface area contributed by atoms with Gasteiger partial charge >= 0.3 is 0 Å². The Balaban J connectivity index is 1.78. The maximum Gasteiger partial charge on any atom is 0.263 e. The molecule has 39 heavy (non-hydrogen) atoms. The van der Waals surface area contributed by atoms with Crippen molar-refractivity contribution in [2.24, 2.45) is 0 Å². The third-order valence-electron chi connectivity index (χ3n) is 6.32. The number of sulfonamides is 1. The van der Waals surface area contributed by atoms with Crippen LogP contribution in [0.5, 0.6) is 5.75 Å². The van der Waals surface area contributed by atoms with Crippen molar-refractivity contribution >= 4 is 39.1 Å². The molecule has 1 aliphatic heterocycles. The van der Waals surface area contributed by atoms with Crippen LogP contribution >= 0.6 is 11.6 Å². The molecule has 1 unspecified atom stereocenters. The Morgan fingerprint density at radius 2 is 1.82 bits per heavy atom. The Bertz CT molecular complexity index is 1540. The van der Waals surface area contributed by atoms with E-state index in [9.17, 15) is 23.2 Å².